The van der Waals surface area contributed by atoms with Gasteiger partial charge in [0.05, 0.1) is 12.6 Å². The molecule has 0 saturated carbocycles. The number of benzene rings is 1. The SMILES string of the molecule is O=C(Cn1cnnn1)N[C@H](CO)Cc1ccccc1. The Morgan fingerprint density at radius 1 is 1.37 bits per heavy atom. The highest BCUT2D eigenvalue weighted by atomic mass is 16.3. The van der Waals surface area contributed by atoms with Gasteiger partial charge in [-0.1, -0.05) is 30.3 Å². The lowest BCUT2D eigenvalue weighted by molar-refractivity contribution is -0.122. The molecule has 0 saturated heterocycles. The predicted molar refractivity (Wildman–Crippen MR) is 67.0 cm³/mol. The lowest BCUT2D eigenvalue weighted by atomic mass is 10.1. The summed E-state index contributed by atoms with van der Waals surface area (Å²) in [5, 5.41) is 22.5. The van der Waals surface area contributed by atoms with Crippen LogP contribution in [0.2, 0.25) is 0 Å². The van der Waals surface area contributed by atoms with Gasteiger partial charge in [0.2, 0.25) is 5.91 Å². The van der Waals surface area contributed by atoms with Gasteiger partial charge in [0.25, 0.3) is 0 Å². The van der Waals surface area contributed by atoms with Crippen molar-refractivity contribution in [1.82, 2.24) is 25.5 Å². The number of carbonyl (C=O) groups excluding carboxylic acids is 1. The minimum absolute atomic E-state index is 0.0400. The fourth-order valence-electron chi connectivity index (χ4n) is 1.73. The van der Waals surface area contributed by atoms with Gasteiger partial charge >= 0.3 is 0 Å². The third-order valence-corrected chi connectivity index (χ3v) is 2.61. The van der Waals surface area contributed by atoms with Crippen LogP contribution in [0.4, 0.5) is 0 Å². The van der Waals surface area contributed by atoms with E-state index in [-0.39, 0.29) is 25.1 Å². The first-order valence-corrected chi connectivity index (χ1v) is 5.93. The lowest BCUT2D eigenvalue weighted by Gasteiger charge is -2.16. The second-order valence-corrected chi connectivity index (χ2v) is 4.14. The Balaban J connectivity index is 1.86. The number of hydrogen-bond donors (Lipinski definition) is 2. The van der Waals surface area contributed by atoms with Crippen molar-refractivity contribution < 1.29 is 9.90 Å². The minimum atomic E-state index is -0.314. The number of aliphatic hydroxyl groups is 1. The van der Waals surface area contributed by atoms with Crippen LogP contribution in [-0.4, -0.2) is 43.9 Å². The minimum Gasteiger partial charge on any atom is -0.394 e. The number of aromatic nitrogens is 4. The summed E-state index contributed by atoms with van der Waals surface area (Å²) in [7, 11) is 0. The Hall–Kier alpha value is -2.28. The van der Waals surface area contributed by atoms with Gasteiger partial charge in [-0.05, 0) is 22.4 Å². The molecule has 19 heavy (non-hydrogen) atoms. The highest BCUT2D eigenvalue weighted by Crippen LogP contribution is 2.02. The molecule has 100 valence electrons. The molecule has 0 aliphatic rings. The fraction of sp³-hybridized carbons (Fsp3) is 0.333. The zero-order valence-electron chi connectivity index (χ0n) is 10.3. The number of aliphatic hydroxyl groups excluding tert-OH is 1. The summed E-state index contributed by atoms with van der Waals surface area (Å²) in [5.41, 5.74) is 1.06. The Morgan fingerprint density at radius 3 is 2.79 bits per heavy atom. The van der Waals surface area contributed by atoms with E-state index in [1.165, 1.54) is 11.0 Å². The Morgan fingerprint density at radius 2 is 2.16 bits per heavy atom. The maximum absolute atomic E-state index is 11.7. The molecule has 7 nitrogen and oxygen atoms in total. The van der Waals surface area contributed by atoms with Crippen LogP contribution in [0.1, 0.15) is 5.56 Å². The van der Waals surface area contributed by atoms with Crippen molar-refractivity contribution in [3.63, 3.8) is 0 Å². The molecular weight excluding hydrogens is 246 g/mol. The molecular formula is C12H15N5O2. The van der Waals surface area contributed by atoms with Crippen LogP contribution in [0.25, 0.3) is 0 Å². The van der Waals surface area contributed by atoms with Crippen LogP contribution in [0.15, 0.2) is 36.7 Å². The average molecular weight is 261 g/mol. The van der Waals surface area contributed by atoms with Crippen LogP contribution in [-0.2, 0) is 17.8 Å². The molecule has 2 rings (SSSR count). The van der Waals surface area contributed by atoms with Crippen molar-refractivity contribution in [2.75, 3.05) is 6.61 Å². The van der Waals surface area contributed by atoms with Crippen molar-refractivity contribution in [3.05, 3.63) is 42.2 Å². The van der Waals surface area contributed by atoms with Crippen molar-refractivity contribution in [3.8, 4) is 0 Å². The molecule has 2 N–H and O–H groups in total. The lowest BCUT2D eigenvalue weighted by Crippen LogP contribution is -2.40. The number of tetrazole rings is 1. The molecule has 1 amide bonds. The van der Waals surface area contributed by atoms with Crippen LogP contribution in [0.3, 0.4) is 0 Å². The topological polar surface area (TPSA) is 92.9 Å². The molecule has 0 unspecified atom stereocenters. The Bertz CT molecular complexity index is 500. The second-order valence-electron chi connectivity index (χ2n) is 4.14. The van der Waals surface area contributed by atoms with E-state index >= 15 is 0 Å². The number of carbonyl (C=O) groups is 1. The summed E-state index contributed by atoms with van der Waals surface area (Å²) < 4.78 is 1.33. The van der Waals surface area contributed by atoms with Gasteiger partial charge in [0.15, 0.2) is 0 Å². The zero-order chi connectivity index (χ0) is 13.5. The van der Waals surface area contributed by atoms with Gasteiger partial charge in [-0.15, -0.1) is 5.10 Å². The van der Waals surface area contributed by atoms with Gasteiger partial charge in [0.1, 0.15) is 12.9 Å². The van der Waals surface area contributed by atoms with E-state index < -0.39 is 0 Å². The fourth-order valence-corrected chi connectivity index (χ4v) is 1.73. The second kappa shape index (κ2) is 6.60. The molecule has 1 atom stereocenters. The van der Waals surface area contributed by atoms with E-state index in [4.69, 9.17) is 0 Å². The molecule has 0 spiro atoms. The average Bonchev–Trinajstić information content (AvgIpc) is 2.92. The smallest absolute Gasteiger partial charge is 0.242 e. The highest BCUT2D eigenvalue weighted by molar-refractivity contribution is 5.75. The van der Waals surface area contributed by atoms with E-state index in [1.54, 1.807) is 0 Å². The molecule has 0 aliphatic carbocycles. The molecule has 0 bridgehead atoms. The van der Waals surface area contributed by atoms with Crippen molar-refractivity contribution in [1.29, 1.82) is 0 Å². The normalized spacial score (nSPS) is 12.1. The van der Waals surface area contributed by atoms with E-state index in [0.717, 1.165) is 5.56 Å². The molecule has 1 heterocycles. The van der Waals surface area contributed by atoms with Crippen molar-refractivity contribution >= 4 is 5.91 Å². The maximum Gasteiger partial charge on any atom is 0.242 e. The summed E-state index contributed by atoms with van der Waals surface area (Å²) in [4.78, 5) is 11.7. The zero-order valence-corrected chi connectivity index (χ0v) is 10.3. The Kier molecular flexibility index (Phi) is 4.57. The summed E-state index contributed by atoms with van der Waals surface area (Å²) in [6.07, 6.45) is 1.95. The van der Waals surface area contributed by atoms with Crippen molar-refractivity contribution in [2.45, 2.75) is 19.0 Å². The first-order chi connectivity index (χ1) is 9.28. The number of amides is 1. The van der Waals surface area contributed by atoms with Gasteiger partial charge in [-0.2, -0.15) is 0 Å². The van der Waals surface area contributed by atoms with E-state index in [0.29, 0.717) is 6.42 Å². The van der Waals surface area contributed by atoms with Gasteiger partial charge in [0, 0.05) is 0 Å². The number of hydrogen-bond acceptors (Lipinski definition) is 5. The monoisotopic (exact) mass is 261 g/mol. The molecule has 0 aliphatic heterocycles. The highest BCUT2D eigenvalue weighted by Gasteiger charge is 2.12. The molecule has 2 aromatic rings. The van der Waals surface area contributed by atoms with Gasteiger partial charge in [-0.3, -0.25) is 4.79 Å². The summed E-state index contributed by atoms with van der Waals surface area (Å²) in [6, 6.07) is 9.37. The first-order valence-electron chi connectivity index (χ1n) is 5.93. The number of nitrogens with zero attached hydrogens (tertiary/aromatic N) is 4. The summed E-state index contributed by atoms with van der Waals surface area (Å²) >= 11 is 0. The third-order valence-electron chi connectivity index (χ3n) is 2.61. The van der Waals surface area contributed by atoms with Crippen LogP contribution < -0.4 is 5.32 Å². The van der Waals surface area contributed by atoms with E-state index in [2.05, 4.69) is 20.8 Å². The number of rotatable bonds is 6. The summed E-state index contributed by atoms with van der Waals surface area (Å²) in [6.45, 7) is -0.0749. The molecule has 0 radical (unpaired) electrons. The molecule has 1 aromatic carbocycles. The van der Waals surface area contributed by atoms with Crippen LogP contribution >= 0.6 is 0 Å². The molecule has 7 heteroatoms. The largest absolute Gasteiger partial charge is 0.394 e. The van der Waals surface area contributed by atoms with E-state index in [9.17, 15) is 9.90 Å². The maximum atomic E-state index is 11.7. The Labute approximate surface area is 110 Å². The quantitative estimate of drug-likeness (QED) is 0.724. The standard InChI is InChI=1S/C12H15N5O2/c18-8-11(6-10-4-2-1-3-5-10)14-12(19)7-17-9-13-15-16-17/h1-5,9,11,18H,6-8H2,(H,14,19)/t11-/m0/s1. The first kappa shape index (κ1) is 13.2. The van der Waals surface area contributed by atoms with Crippen LogP contribution in [0.5, 0.6) is 0 Å². The van der Waals surface area contributed by atoms with Gasteiger partial charge in [-0.25, -0.2) is 4.68 Å². The summed E-state index contributed by atoms with van der Waals surface area (Å²) in [5.74, 6) is -0.234. The van der Waals surface area contributed by atoms with E-state index in [1.807, 2.05) is 30.3 Å². The molecule has 1 aromatic heterocycles. The predicted octanol–water partition coefficient (Wildman–Crippen LogP) is -0.607. The van der Waals surface area contributed by atoms with Crippen LogP contribution in [0, 0.1) is 0 Å². The number of nitrogens with one attached hydrogen (secondary N) is 1. The molecule has 0 fully saturated rings. The third kappa shape index (κ3) is 4.14. The van der Waals surface area contributed by atoms with Gasteiger partial charge < -0.3 is 10.4 Å². The van der Waals surface area contributed by atoms with Crippen molar-refractivity contribution in [2.24, 2.45) is 0 Å².